The number of ketones is 1. The van der Waals surface area contributed by atoms with Gasteiger partial charge in [0.15, 0.2) is 5.78 Å². The molecule has 3 amide bonds. The Kier molecular flexibility index (Phi) is 6.09. The van der Waals surface area contributed by atoms with Gasteiger partial charge in [-0.1, -0.05) is 48.0 Å². The Morgan fingerprint density at radius 2 is 1.43 bits per heavy atom. The molecule has 6 heteroatoms. The van der Waals surface area contributed by atoms with E-state index in [9.17, 15) is 14.4 Å². The minimum Gasteiger partial charge on any atom is -0.338 e. The lowest BCUT2D eigenvalue weighted by molar-refractivity contribution is 0.0662. The van der Waals surface area contributed by atoms with E-state index in [1.807, 2.05) is 26.0 Å². The number of benzene rings is 2. The van der Waals surface area contributed by atoms with Crippen LogP contribution in [-0.2, 0) is 0 Å². The highest BCUT2D eigenvalue weighted by Crippen LogP contribution is 2.18. The fraction of sp³-hybridized carbons (Fsp3) is 0.318. The average molecular weight is 379 g/mol. The first-order chi connectivity index (χ1) is 13.5. The van der Waals surface area contributed by atoms with Gasteiger partial charge in [-0.2, -0.15) is 0 Å². The van der Waals surface area contributed by atoms with Gasteiger partial charge in [0.2, 0.25) is 0 Å². The van der Waals surface area contributed by atoms with Crippen LogP contribution in [0.2, 0.25) is 0 Å². The van der Waals surface area contributed by atoms with Crippen LogP contribution in [0.25, 0.3) is 0 Å². The molecule has 1 heterocycles. The molecule has 0 spiro atoms. The van der Waals surface area contributed by atoms with Crippen molar-refractivity contribution in [2.24, 2.45) is 0 Å². The van der Waals surface area contributed by atoms with Crippen LogP contribution in [0.3, 0.4) is 0 Å². The van der Waals surface area contributed by atoms with Crippen LogP contribution >= 0.6 is 0 Å². The molecule has 28 heavy (non-hydrogen) atoms. The molecule has 2 aromatic carbocycles. The second kappa shape index (κ2) is 8.69. The van der Waals surface area contributed by atoms with Crippen molar-refractivity contribution in [1.82, 2.24) is 15.1 Å². The summed E-state index contributed by atoms with van der Waals surface area (Å²) in [4.78, 5) is 41.4. The molecule has 3 rings (SSSR count). The number of carbonyl (C=O) groups is 3. The number of aryl methyl sites for hydroxylation is 1. The molecule has 2 aromatic rings. The van der Waals surface area contributed by atoms with Gasteiger partial charge < -0.3 is 15.1 Å². The molecule has 1 fully saturated rings. The summed E-state index contributed by atoms with van der Waals surface area (Å²) in [6, 6.07) is 14.2. The molecule has 0 bridgehead atoms. The average Bonchev–Trinajstić information content (AvgIpc) is 2.73. The highest BCUT2D eigenvalue weighted by atomic mass is 16.2. The van der Waals surface area contributed by atoms with Crippen molar-refractivity contribution in [3.05, 3.63) is 70.8 Å². The molecule has 0 aliphatic carbocycles. The first kappa shape index (κ1) is 19.6. The molecule has 1 aliphatic rings. The maximum Gasteiger partial charge on any atom is 0.317 e. The van der Waals surface area contributed by atoms with Crippen molar-refractivity contribution in [1.29, 1.82) is 0 Å². The zero-order valence-corrected chi connectivity index (χ0v) is 16.3. The highest BCUT2D eigenvalue weighted by molar-refractivity contribution is 6.15. The van der Waals surface area contributed by atoms with E-state index >= 15 is 0 Å². The van der Waals surface area contributed by atoms with E-state index in [2.05, 4.69) is 5.32 Å². The van der Waals surface area contributed by atoms with Gasteiger partial charge >= 0.3 is 6.03 Å². The van der Waals surface area contributed by atoms with E-state index in [0.717, 1.165) is 5.56 Å². The number of piperazine rings is 1. The Labute approximate surface area is 165 Å². The molecule has 0 unspecified atom stereocenters. The van der Waals surface area contributed by atoms with Crippen molar-refractivity contribution in [3.63, 3.8) is 0 Å². The lowest BCUT2D eigenvalue weighted by atomic mass is 9.97. The van der Waals surface area contributed by atoms with Gasteiger partial charge in [0, 0.05) is 43.9 Å². The Morgan fingerprint density at radius 3 is 2.04 bits per heavy atom. The first-order valence-corrected chi connectivity index (χ1v) is 9.53. The molecule has 1 saturated heterocycles. The van der Waals surface area contributed by atoms with Crippen molar-refractivity contribution < 1.29 is 14.4 Å². The van der Waals surface area contributed by atoms with Gasteiger partial charge in [0.05, 0.1) is 5.56 Å². The van der Waals surface area contributed by atoms with Crippen LogP contribution in [0.1, 0.15) is 38.8 Å². The smallest absolute Gasteiger partial charge is 0.317 e. The van der Waals surface area contributed by atoms with E-state index in [-0.39, 0.29) is 17.7 Å². The van der Waals surface area contributed by atoms with E-state index in [1.165, 1.54) is 0 Å². The molecule has 6 nitrogen and oxygen atoms in total. The van der Waals surface area contributed by atoms with Gasteiger partial charge in [-0.15, -0.1) is 0 Å². The number of rotatable bonds is 4. The molecule has 0 aromatic heterocycles. The Hall–Kier alpha value is -3.15. The van der Waals surface area contributed by atoms with Crippen LogP contribution < -0.4 is 5.32 Å². The third-order valence-corrected chi connectivity index (χ3v) is 4.90. The summed E-state index contributed by atoms with van der Waals surface area (Å²) in [5.74, 6) is -0.337. The Balaban J connectivity index is 1.76. The van der Waals surface area contributed by atoms with Gasteiger partial charge in [0.25, 0.3) is 5.91 Å². The first-order valence-electron chi connectivity index (χ1n) is 9.53. The van der Waals surface area contributed by atoms with Gasteiger partial charge in [-0.05, 0) is 19.9 Å². The molecular weight excluding hydrogens is 354 g/mol. The summed E-state index contributed by atoms with van der Waals surface area (Å²) >= 11 is 0. The number of nitrogens with zero attached hydrogens (tertiary/aromatic N) is 2. The van der Waals surface area contributed by atoms with E-state index in [4.69, 9.17) is 0 Å². The normalized spacial score (nSPS) is 13.9. The minimum atomic E-state index is -0.174. The van der Waals surface area contributed by atoms with Crippen LogP contribution in [0.15, 0.2) is 48.5 Å². The Morgan fingerprint density at radius 1 is 0.857 bits per heavy atom. The monoisotopic (exact) mass is 379 g/mol. The standard InChI is InChI=1S/C22H25N3O3/c1-3-23-22(28)25-14-12-24(13-15-25)21(27)19-7-5-4-6-18(19)20(26)17-10-8-16(2)9-11-17/h4-11H,3,12-15H2,1-2H3,(H,23,28). The molecule has 0 atom stereocenters. The number of nitrogens with one attached hydrogen (secondary N) is 1. The number of hydrogen-bond acceptors (Lipinski definition) is 3. The molecule has 1 aliphatic heterocycles. The third kappa shape index (κ3) is 4.22. The Bertz CT molecular complexity index is 869. The van der Waals surface area contributed by atoms with Gasteiger partial charge in [-0.3, -0.25) is 9.59 Å². The number of hydrogen-bond donors (Lipinski definition) is 1. The second-order valence-electron chi connectivity index (χ2n) is 6.86. The van der Waals surface area contributed by atoms with Crippen molar-refractivity contribution >= 4 is 17.7 Å². The predicted molar refractivity (Wildman–Crippen MR) is 108 cm³/mol. The van der Waals surface area contributed by atoms with Gasteiger partial charge in [0.1, 0.15) is 0 Å². The fourth-order valence-electron chi connectivity index (χ4n) is 3.27. The molecule has 146 valence electrons. The summed E-state index contributed by atoms with van der Waals surface area (Å²) in [5, 5.41) is 2.78. The van der Waals surface area contributed by atoms with Crippen LogP contribution in [0.5, 0.6) is 0 Å². The van der Waals surface area contributed by atoms with E-state index in [0.29, 0.717) is 49.4 Å². The van der Waals surface area contributed by atoms with Crippen molar-refractivity contribution in [2.45, 2.75) is 13.8 Å². The SMILES string of the molecule is CCNC(=O)N1CCN(C(=O)c2ccccc2C(=O)c2ccc(C)cc2)CC1. The number of urea groups is 1. The lowest BCUT2D eigenvalue weighted by Crippen LogP contribution is -2.53. The summed E-state index contributed by atoms with van der Waals surface area (Å²) < 4.78 is 0. The third-order valence-electron chi connectivity index (χ3n) is 4.90. The van der Waals surface area contributed by atoms with Crippen molar-refractivity contribution in [2.75, 3.05) is 32.7 Å². The zero-order chi connectivity index (χ0) is 20.1. The summed E-state index contributed by atoms with van der Waals surface area (Å²) in [6.07, 6.45) is 0. The minimum absolute atomic E-state index is 0.107. The molecule has 0 radical (unpaired) electrons. The van der Waals surface area contributed by atoms with Crippen LogP contribution in [0, 0.1) is 6.92 Å². The van der Waals surface area contributed by atoms with Crippen LogP contribution in [0.4, 0.5) is 4.79 Å². The second-order valence-corrected chi connectivity index (χ2v) is 6.86. The number of amides is 3. The van der Waals surface area contributed by atoms with E-state index in [1.54, 1.807) is 46.2 Å². The van der Waals surface area contributed by atoms with E-state index < -0.39 is 0 Å². The maximum absolute atomic E-state index is 13.1. The van der Waals surface area contributed by atoms with Crippen LogP contribution in [-0.4, -0.2) is 60.2 Å². The lowest BCUT2D eigenvalue weighted by Gasteiger charge is -2.35. The topological polar surface area (TPSA) is 69.7 Å². The summed E-state index contributed by atoms with van der Waals surface area (Å²) in [5.41, 5.74) is 2.44. The predicted octanol–water partition coefficient (Wildman–Crippen LogP) is 2.71. The molecule has 0 saturated carbocycles. The largest absolute Gasteiger partial charge is 0.338 e. The summed E-state index contributed by atoms with van der Waals surface area (Å²) in [7, 11) is 0. The maximum atomic E-state index is 13.1. The molecule has 1 N–H and O–H groups in total. The quantitative estimate of drug-likeness (QED) is 0.831. The van der Waals surface area contributed by atoms with Crippen molar-refractivity contribution in [3.8, 4) is 0 Å². The summed E-state index contributed by atoms with van der Waals surface area (Å²) in [6.45, 7) is 6.27. The zero-order valence-electron chi connectivity index (χ0n) is 16.3. The fourth-order valence-corrected chi connectivity index (χ4v) is 3.27. The highest BCUT2D eigenvalue weighted by Gasteiger charge is 2.27. The molecular formula is C22H25N3O3. The van der Waals surface area contributed by atoms with Gasteiger partial charge in [-0.25, -0.2) is 4.79 Å². The number of carbonyl (C=O) groups excluding carboxylic acids is 3.